The maximum atomic E-state index is 12.9. The smallest absolute Gasteiger partial charge is 0.326 e. The lowest BCUT2D eigenvalue weighted by Gasteiger charge is -2.24. The van der Waals surface area contributed by atoms with E-state index in [1.54, 1.807) is 30.3 Å². The topological polar surface area (TPSA) is 231 Å². The van der Waals surface area contributed by atoms with Crippen molar-refractivity contribution in [2.24, 2.45) is 11.5 Å². The highest BCUT2D eigenvalue weighted by atomic mass is 32.1. The first kappa shape index (κ1) is 28.4. The first-order chi connectivity index (χ1) is 15.9. The third-order valence-corrected chi connectivity index (χ3v) is 4.85. The number of amides is 4. The van der Waals surface area contributed by atoms with E-state index in [0.29, 0.717) is 5.56 Å². The van der Waals surface area contributed by atoms with E-state index >= 15 is 0 Å². The van der Waals surface area contributed by atoms with Gasteiger partial charge in [0.2, 0.25) is 23.6 Å². The molecular formula is C20H27N5O8S. The Morgan fingerprint density at radius 1 is 0.824 bits per heavy atom. The molecule has 0 bridgehead atoms. The van der Waals surface area contributed by atoms with Crippen molar-refractivity contribution in [1.29, 1.82) is 0 Å². The van der Waals surface area contributed by atoms with Gasteiger partial charge >= 0.3 is 11.9 Å². The predicted octanol–water partition coefficient (Wildman–Crippen LogP) is -2.62. The van der Waals surface area contributed by atoms with Gasteiger partial charge in [-0.3, -0.25) is 24.0 Å². The molecule has 0 aliphatic carbocycles. The second-order valence-corrected chi connectivity index (χ2v) is 7.63. The van der Waals surface area contributed by atoms with Crippen molar-refractivity contribution >= 4 is 48.2 Å². The molecule has 4 unspecified atom stereocenters. The number of nitrogens with two attached hydrogens (primary N) is 2. The van der Waals surface area contributed by atoms with Gasteiger partial charge in [0.05, 0.1) is 18.9 Å². The fraction of sp³-hybridized carbons (Fsp3) is 0.400. The van der Waals surface area contributed by atoms with E-state index in [-0.39, 0.29) is 12.2 Å². The molecule has 0 spiro atoms. The van der Waals surface area contributed by atoms with Gasteiger partial charge in [-0.1, -0.05) is 30.3 Å². The zero-order chi connectivity index (χ0) is 25.8. The van der Waals surface area contributed by atoms with Gasteiger partial charge in [-0.05, 0) is 5.56 Å². The Morgan fingerprint density at radius 3 is 1.85 bits per heavy atom. The van der Waals surface area contributed by atoms with Crippen LogP contribution in [-0.2, 0) is 35.2 Å². The Balaban J connectivity index is 2.99. The van der Waals surface area contributed by atoms with Crippen LogP contribution in [0.25, 0.3) is 0 Å². The Labute approximate surface area is 200 Å². The molecule has 13 nitrogen and oxygen atoms in total. The summed E-state index contributed by atoms with van der Waals surface area (Å²) in [5.41, 5.74) is 11.2. The molecule has 0 saturated carbocycles. The van der Waals surface area contributed by atoms with Crippen LogP contribution in [0, 0.1) is 0 Å². The number of primary amides is 1. The Hall–Kier alpha value is -3.65. The van der Waals surface area contributed by atoms with Crippen LogP contribution in [-0.4, -0.2) is 75.7 Å². The monoisotopic (exact) mass is 497 g/mol. The van der Waals surface area contributed by atoms with Crippen molar-refractivity contribution in [3.63, 3.8) is 0 Å². The van der Waals surface area contributed by atoms with E-state index in [2.05, 4.69) is 28.6 Å². The van der Waals surface area contributed by atoms with Crippen LogP contribution in [0.5, 0.6) is 0 Å². The molecule has 0 heterocycles. The van der Waals surface area contributed by atoms with Gasteiger partial charge in [0.25, 0.3) is 0 Å². The molecule has 9 N–H and O–H groups in total. The van der Waals surface area contributed by atoms with Crippen LogP contribution in [0.3, 0.4) is 0 Å². The third kappa shape index (κ3) is 9.87. The minimum atomic E-state index is -1.61. The summed E-state index contributed by atoms with van der Waals surface area (Å²) in [6.45, 7) is 0. The van der Waals surface area contributed by atoms with E-state index in [1.807, 2.05) is 0 Å². The summed E-state index contributed by atoms with van der Waals surface area (Å²) < 4.78 is 0. The van der Waals surface area contributed by atoms with Gasteiger partial charge in [-0.15, -0.1) is 0 Å². The molecule has 1 rings (SSSR count). The second kappa shape index (κ2) is 13.8. The van der Waals surface area contributed by atoms with Gasteiger partial charge in [-0.2, -0.15) is 12.6 Å². The Bertz CT molecular complexity index is 913. The molecular weight excluding hydrogens is 470 g/mol. The fourth-order valence-corrected chi connectivity index (χ4v) is 3.02. The van der Waals surface area contributed by atoms with Crippen molar-refractivity contribution < 1.29 is 39.0 Å². The highest BCUT2D eigenvalue weighted by Crippen LogP contribution is 2.06. The maximum absolute atomic E-state index is 12.9. The van der Waals surface area contributed by atoms with Crippen molar-refractivity contribution in [2.45, 2.75) is 43.4 Å². The number of carboxylic acid groups (broad SMARTS) is 2. The quantitative estimate of drug-likeness (QED) is 0.125. The largest absolute Gasteiger partial charge is 0.481 e. The first-order valence-electron chi connectivity index (χ1n) is 9.99. The third-order valence-electron chi connectivity index (χ3n) is 4.48. The SMILES string of the molecule is NC(=O)CC(NC(=O)C(CS)NC(=O)C(Cc1ccccc1)NC(=O)C(N)CC(=O)O)C(=O)O. The molecule has 0 fully saturated rings. The average Bonchev–Trinajstić information content (AvgIpc) is 2.75. The molecule has 0 saturated heterocycles. The summed E-state index contributed by atoms with van der Waals surface area (Å²) >= 11 is 3.99. The average molecular weight is 498 g/mol. The summed E-state index contributed by atoms with van der Waals surface area (Å²) in [4.78, 5) is 70.8. The van der Waals surface area contributed by atoms with Crippen LogP contribution in [0.4, 0.5) is 0 Å². The van der Waals surface area contributed by atoms with Crippen LogP contribution in [0.1, 0.15) is 18.4 Å². The maximum Gasteiger partial charge on any atom is 0.326 e. The summed E-state index contributed by atoms with van der Waals surface area (Å²) in [6.07, 6.45) is -1.34. The van der Waals surface area contributed by atoms with Crippen LogP contribution in [0.15, 0.2) is 30.3 Å². The summed E-state index contributed by atoms with van der Waals surface area (Å²) in [7, 11) is 0. The van der Waals surface area contributed by atoms with Crippen molar-refractivity contribution in [2.75, 3.05) is 5.75 Å². The number of hydrogen-bond acceptors (Lipinski definition) is 8. The number of benzene rings is 1. The number of thiol groups is 1. The van der Waals surface area contributed by atoms with E-state index in [4.69, 9.17) is 21.7 Å². The van der Waals surface area contributed by atoms with E-state index < -0.39 is 72.6 Å². The summed E-state index contributed by atoms with van der Waals surface area (Å²) in [5.74, 6) is -6.66. The van der Waals surface area contributed by atoms with Crippen LogP contribution >= 0.6 is 12.6 Å². The number of carboxylic acids is 2. The summed E-state index contributed by atoms with van der Waals surface area (Å²) in [5, 5.41) is 24.8. The molecule has 0 aliphatic heterocycles. The van der Waals surface area contributed by atoms with Gasteiger partial charge in [-0.25, -0.2) is 4.79 Å². The minimum Gasteiger partial charge on any atom is -0.481 e. The molecule has 1 aromatic carbocycles. The number of carbonyl (C=O) groups is 6. The molecule has 1 aromatic rings. The lowest BCUT2D eigenvalue weighted by atomic mass is 10.0. The number of aliphatic carboxylic acids is 2. The Morgan fingerprint density at radius 2 is 1.35 bits per heavy atom. The molecule has 34 heavy (non-hydrogen) atoms. The summed E-state index contributed by atoms with van der Waals surface area (Å²) in [6, 6.07) is 2.93. The number of nitrogens with one attached hydrogen (secondary N) is 3. The molecule has 0 radical (unpaired) electrons. The molecule has 14 heteroatoms. The normalized spacial score (nSPS) is 14.1. The van der Waals surface area contributed by atoms with Crippen LogP contribution in [0.2, 0.25) is 0 Å². The first-order valence-corrected chi connectivity index (χ1v) is 10.6. The van der Waals surface area contributed by atoms with Gasteiger partial charge in [0.1, 0.15) is 18.1 Å². The van der Waals surface area contributed by atoms with Gasteiger partial charge < -0.3 is 37.6 Å². The van der Waals surface area contributed by atoms with Crippen LogP contribution < -0.4 is 27.4 Å². The zero-order valence-electron chi connectivity index (χ0n) is 18.0. The molecule has 186 valence electrons. The lowest BCUT2D eigenvalue weighted by Crippen LogP contribution is -2.58. The number of hydrogen-bond donors (Lipinski definition) is 8. The fourth-order valence-electron chi connectivity index (χ4n) is 2.76. The van der Waals surface area contributed by atoms with Gasteiger partial charge in [0, 0.05) is 12.2 Å². The molecule has 4 atom stereocenters. The van der Waals surface area contributed by atoms with E-state index in [0.717, 1.165) is 0 Å². The standard InChI is InChI=1S/C20H27N5O8S/c21-11(7-16(27)28)17(29)23-12(6-10-4-2-1-3-5-10)18(30)25-14(9-34)19(31)24-13(20(32)33)8-15(22)26/h1-5,11-14,34H,6-9,21H2,(H2,22,26)(H,23,29)(H,24,31)(H,25,30)(H,27,28)(H,32,33). The Kier molecular flexibility index (Phi) is 11.5. The number of carbonyl (C=O) groups excluding carboxylic acids is 4. The zero-order valence-corrected chi connectivity index (χ0v) is 18.9. The molecule has 0 aliphatic rings. The van der Waals surface area contributed by atoms with E-state index in [9.17, 15) is 28.8 Å². The predicted molar refractivity (Wildman–Crippen MR) is 121 cm³/mol. The van der Waals surface area contributed by atoms with E-state index in [1.165, 1.54) is 0 Å². The minimum absolute atomic E-state index is 0.0153. The van der Waals surface area contributed by atoms with Crippen molar-refractivity contribution in [3.8, 4) is 0 Å². The molecule has 4 amide bonds. The second-order valence-electron chi connectivity index (χ2n) is 7.27. The van der Waals surface area contributed by atoms with Crippen molar-refractivity contribution in [1.82, 2.24) is 16.0 Å². The lowest BCUT2D eigenvalue weighted by molar-refractivity contribution is -0.143. The van der Waals surface area contributed by atoms with Gasteiger partial charge in [0.15, 0.2) is 0 Å². The number of rotatable bonds is 14. The molecule has 0 aromatic heterocycles. The van der Waals surface area contributed by atoms with Crippen molar-refractivity contribution in [3.05, 3.63) is 35.9 Å². The highest BCUT2D eigenvalue weighted by Gasteiger charge is 2.30. The highest BCUT2D eigenvalue weighted by molar-refractivity contribution is 7.80.